The number of fused-ring (bicyclic) bond motifs is 1. The van der Waals surface area contributed by atoms with E-state index < -0.39 is 0 Å². The van der Waals surface area contributed by atoms with E-state index in [1.165, 1.54) is 11.8 Å². The van der Waals surface area contributed by atoms with Crippen molar-refractivity contribution >= 4 is 39.9 Å². The first-order chi connectivity index (χ1) is 14.6. The maximum atomic E-state index is 12.4. The van der Waals surface area contributed by atoms with E-state index in [2.05, 4.69) is 21.3 Å². The number of thioether (sulfide) groups is 1. The quantitative estimate of drug-likeness (QED) is 0.632. The van der Waals surface area contributed by atoms with Gasteiger partial charge in [0, 0.05) is 29.9 Å². The Morgan fingerprint density at radius 1 is 1.23 bits per heavy atom. The number of nitrogens with one attached hydrogen (secondary N) is 1. The third-order valence-electron chi connectivity index (χ3n) is 5.00. The minimum Gasteiger partial charge on any atom is -0.378 e. The Kier molecular flexibility index (Phi) is 6.17. The molecule has 1 amide bonds. The Hall–Kier alpha value is -3.08. The molecule has 0 unspecified atom stereocenters. The number of carbonyl (C=O) groups is 1. The van der Waals surface area contributed by atoms with Crippen LogP contribution >= 0.6 is 11.8 Å². The van der Waals surface area contributed by atoms with Crippen LogP contribution in [0.3, 0.4) is 0 Å². The molecule has 1 aromatic heterocycles. The zero-order valence-electron chi connectivity index (χ0n) is 16.7. The number of anilines is 2. The molecule has 7 heteroatoms. The predicted molar refractivity (Wildman–Crippen MR) is 120 cm³/mol. The zero-order valence-corrected chi connectivity index (χ0v) is 17.5. The Labute approximate surface area is 179 Å². The second kappa shape index (κ2) is 9.16. The fraction of sp³-hybridized carbons (Fsp3) is 0.261. The zero-order chi connectivity index (χ0) is 20.9. The lowest BCUT2D eigenvalue weighted by atomic mass is 10.1. The van der Waals surface area contributed by atoms with Gasteiger partial charge in [-0.05, 0) is 42.8 Å². The highest BCUT2D eigenvalue weighted by atomic mass is 32.2. The van der Waals surface area contributed by atoms with E-state index in [0.717, 1.165) is 54.1 Å². The summed E-state index contributed by atoms with van der Waals surface area (Å²) in [5.74, 6) is 0.0549. The predicted octanol–water partition coefficient (Wildman–Crippen LogP) is 3.98. The Morgan fingerprint density at radius 2 is 2.00 bits per heavy atom. The lowest BCUT2D eigenvalue weighted by Crippen LogP contribution is -2.36. The highest BCUT2D eigenvalue weighted by Crippen LogP contribution is 2.26. The molecule has 1 fully saturated rings. The molecule has 4 rings (SSSR count). The van der Waals surface area contributed by atoms with Crippen LogP contribution in [0.5, 0.6) is 0 Å². The second-order valence-corrected chi connectivity index (χ2v) is 8.05. The van der Waals surface area contributed by atoms with Crippen molar-refractivity contribution in [1.82, 2.24) is 4.98 Å². The number of nitriles is 1. The second-order valence-electron chi connectivity index (χ2n) is 7.08. The lowest BCUT2D eigenvalue weighted by Gasteiger charge is -2.28. The monoisotopic (exact) mass is 418 g/mol. The fourth-order valence-corrected chi connectivity index (χ4v) is 4.18. The lowest BCUT2D eigenvalue weighted by molar-refractivity contribution is -0.113. The molecule has 1 saturated heterocycles. The Morgan fingerprint density at radius 3 is 2.73 bits per heavy atom. The number of carbonyl (C=O) groups excluding carboxylic acids is 1. The average Bonchev–Trinajstić information content (AvgIpc) is 2.78. The summed E-state index contributed by atoms with van der Waals surface area (Å²) in [6.07, 6.45) is 0. The van der Waals surface area contributed by atoms with Gasteiger partial charge in [0.2, 0.25) is 5.91 Å². The number of ether oxygens (including phenoxy) is 1. The van der Waals surface area contributed by atoms with Gasteiger partial charge in [0.1, 0.15) is 11.1 Å². The van der Waals surface area contributed by atoms with E-state index in [-0.39, 0.29) is 11.7 Å². The number of amides is 1. The number of pyridine rings is 1. The van der Waals surface area contributed by atoms with Crippen LogP contribution in [0.25, 0.3) is 10.9 Å². The van der Waals surface area contributed by atoms with E-state index in [9.17, 15) is 10.1 Å². The summed E-state index contributed by atoms with van der Waals surface area (Å²) < 4.78 is 5.38. The van der Waals surface area contributed by atoms with Gasteiger partial charge in [-0.3, -0.25) is 4.79 Å². The van der Waals surface area contributed by atoms with Crippen LogP contribution in [0.4, 0.5) is 11.4 Å². The van der Waals surface area contributed by atoms with Gasteiger partial charge in [-0.25, -0.2) is 4.98 Å². The number of hydrogen-bond acceptors (Lipinski definition) is 6. The van der Waals surface area contributed by atoms with Crippen LogP contribution in [0.15, 0.2) is 53.6 Å². The number of hydrogen-bond donors (Lipinski definition) is 1. The molecule has 1 aliphatic rings. The summed E-state index contributed by atoms with van der Waals surface area (Å²) in [6.45, 7) is 5.22. The largest absolute Gasteiger partial charge is 0.378 e. The number of aromatic nitrogens is 1. The maximum absolute atomic E-state index is 12.4. The van der Waals surface area contributed by atoms with Crippen molar-refractivity contribution < 1.29 is 9.53 Å². The molecule has 0 bridgehead atoms. The number of aryl methyl sites for hydroxylation is 1. The molecular weight excluding hydrogens is 396 g/mol. The average molecular weight is 419 g/mol. The standard InChI is InChI=1S/C23H22N4O2S/c1-16-3-2-4-17-13-18(14-24)23(26-22(16)17)30-15-21(28)25-19-5-7-20(8-6-19)27-9-11-29-12-10-27/h2-8,13H,9-12,15H2,1H3,(H,25,28). The van der Waals surface area contributed by atoms with Crippen LogP contribution < -0.4 is 10.2 Å². The van der Waals surface area contributed by atoms with Crippen molar-refractivity contribution in [2.75, 3.05) is 42.3 Å². The van der Waals surface area contributed by atoms with Gasteiger partial charge in [-0.15, -0.1) is 0 Å². The van der Waals surface area contributed by atoms with Gasteiger partial charge in [0.25, 0.3) is 0 Å². The molecule has 0 atom stereocenters. The van der Waals surface area contributed by atoms with Crippen molar-refractivity contribution in [3.8, 4) is 6.07 Å². The van der Waals surface area contributed by atoms with Gasteiger partial charge >= 0.3 is 0 Å². The van der Waals surface area contributed by atoms with Crippen molar-refractivity contribution in [1.29, 1.82) is 5.26 Å². The van der Waals surface area contributed by atoms with E-state index >= 15 is 0 Å². The van der Waals surface area contributed by atoms with Crippen LogP contribution in [0.2, 0.25) is 0 Å². The molecule has 1 aliphatic heterocycles. The fourth-order valence-electron chi connectivity index (χ4n) is 3.43. The first-order valence-corrected chi connectivity index (χ1v) is 10.8. The molecular formula is C23H22N4O2S. The first-order valence-electron chi connectivity index (χ1n) is 9.80. The first kappa shape index (κ1) is 20.2. The van der Waals surface area contributed by atoms with Gasteiger partial charge in [0.15, 0.2) is 0 Å². The van der Waals surface area contributed by atoms with E-state index in [1.807, 2.05) is 55.5 Å². The van der Waals surface area contributed by atoms with E-state index in [1.54, 1.807) is 0 Å². The molecule has 0 radical (unpaired) electrons. The smallest absolute Gasteiger partial charge is 0.234 e. The Balaban J connectivity index is 1.40. The molecule has 30 heavy (non-hydrogen) atoms. The van der Waals surface area contributed by atoms with E-state index in [4.69, 9.17) is 4.74 Å². The molecule has 3 aromatic rings. The maximum Gasteiger partial charge on any atom is 0.234 e. The summed E-state index contributed by atoms with van der Waals surface area (Å²) in [5.41, 5.74) is 4.27. The molecule has 2 heterocycles. The van der Waals surface area contributed by atoms with Crippen molar-refractivity contribution in [3.05, 3.63) is 59.7 Å². The molecule has 2 aromatic carbocycles. The highest BCUT2D eigenvalue weighted by Gasteiger charge is 2.13. The number of benzene rings is 2. The molecule has 0 saturated carbocycles. The topological polar surface area (TPSA) is 78.2 Å². The number of morpholine rings is 1. The molecule has 6 nitrogen and oxygen atoms in total. The van der Waals surface area contributed by atoms with Crippen molar-refractivity contribution in [2.45, 2.75) is 11.9 Å². The molecule has 0 aliphatic carbocycles. The van der Waals surface area contributed by atoms with Gasteiger partial charge < -0.3 is 15.0 Å². The molecule has 152 valence electrons. The normalized spacial score (nSPS) is 13.8. The SMILES string of the molecule is Cc1cccc2cc(C#N)c(SCC(=O)Nc3ccc(N4CCOCC4)cc3)nc12. The summed E-state index contributed by atoms with van der Waals surface area (Å²) in [7, 11) is 0. The minimum absolute atomic E-state index is 0.130. The van der Waals surface area contributed by atoms with Crippen molar-refractivity contribution in [2.24, 2.45) is 0 Å². The highest BCUT2D eigenvalue weighted by molar-refractivity contribution is 8.00. The Bertz CT molecular complexity index is 1100. The van der Waals surface area contributed by atoms with Crippen molar-refractivity contribution in [3.63, 3.8) is 0 Å². The number of nitrogens with zero attached hydrogens (tertiary/aromatic N) is 3. The summed E-state index contributed by atoms with van der Waals surface area (Å²) >= 11 is 1.28. The molecule has 1 N–H and O–H groups in total. The summed E-state index contributed by atoms with van der Waals surface area (Å²) in [4.78, 5) is 19.3. The minimum atomic E-state index is -0.130. The van der Waals surface area contributed by atoms with Crippen LogP contribution in [-0.4, -0.2) is 42.9 Å². The van der Waals surface area contributed by atoms with Gasteiger partial charge in [-0.1, -0.05) is 30.0 Å². The van der Waals surface area contributed by atoms with Gasteiger partial charge in [-0.2, -0.15) is 5.26 Å². The third-order valence-corrected chi connectivity index (χ3v) is 5.99. The van der Waals surface area contributed by atoms with Crippen LogP contribution in [0, 0.1) is 18.3 Å². The van der Waals surface area contributed by atoms with Gasteiger partial charge in [0.05, 0.1) is 30.0 Å². The van der Waals surface area contributed by atoms with E-state index in [0.29, 0.717) is 10.6 Å². The molecule has 0 spiro atoms. The summed E-state index contributed by atoms with van der Waals surface area (Å²) in [6, 6.07) is 17.7. The number of para-hydroxylation sites is 1. The summed E-state index contributed by atoms with van der Waals surface area (Å²) in [5, 5.41) is 13.9. The van der Waals surface area contributed by atoms with Crippen LogP contribution in [-0.2, 0) is 9.53 Å². The number of rotatable bonds is 5. The van der Waals surface area contributed by atoms with Crippen LogP contribution in [0.1, 0.15) is 11.1 Å². The third kappa shape index (κ3) is 4.56.